The van der Waals surface area contributed by atoms with Crippen LogP contribution >= 0.6 is 11.6 Å². The van der Waals surface area contributed by atoms with E-state index in [1.54, 1.807) is 49.4 Å². The Kier molecular flexibility index (Phi) is 7.07. The van der Waals surface area contributed by atoms with Crippen molar-refractivity contribution in [2.24, 2.45) is 0 Å². The first-order valence-electron chi connectivity index (χ1n) is 8.32. The van der Waals surface area contributed by atoms with Crippen LogP contribution in [0.2, 0.25) is 5.02 Å². The lowest BCUT2D eigenvalue weighted by molar-refractivity contribution is -0.145. The van der Waals surface area contributed by atoms with Crippen molar-refractivity contribution in [3.63, 3.8) is 0 Å². The van der Waals surface area contributed by atoms with E-state index in [-0.39, 0.29) is 12.5 Å². The van der Waals surface area contributed by atoms with Gasteiger partial charge in [-0.3, -0.25) is 9.59 Å². The highest BCUT2D eigenvalue weighted by molar-refractivity contribution is 6.30. The van der Waals surface area contributed by atoms with Crippen LogP contribution in [0, 0.1) is 0 Å². The van der Waals surface area contributed by atoms with Gasteiger partial charge in [0.15, 0.2) is 0 Å². The Morgan fingerprint density at radius 3 is 2.26 bits per heavy atom. The molecule has 0 spiro atoms. The third-order valence-electron chi connectivity index (χ3n) is 4.14. The molecule has 0 heterocycles. The molecule has 0 aliphatic heterocycles. The van der Waals surface area contributed by atoms with Crippen molar-refractivity contribution < 1.29 is 24.2 Å². The average molecular weight is 392 g/mol. The van der Waals surface area contributed by atoms with E-state index in [1.165, 1.54) is 19.1 Å². The number of hydrogen-bond acceptors (Lipinski definition) is 4. The van der Waals surface area contributed by atoms with Crippen molar-refractivity contribution in [3.8, 4) is 11.5 Å². The van der Waals surface area contributed by atoms with Gasteiger partial charge in [-0.25, -0.2) is 0 Å². The third-order valence-corrected chi connectivity index (χ3v) is 4.38. The number of carboxylic acid groups (broad SMARTS) is 1. The summed E-state index contributed by atoms with van der Waals surface area (Å²) in [7, 11) is 3.06. The lowest BCUT2D eigenvalue weighted by atomic mass is 9.99. The van der Waals surface area contributed by atoms with Crippen LogP contribution in [0.25, 0.3) is 0 Å². The fourth-order valence-electron chi connectivity index (χ4n) is 2.75. The molecule has 2 rings (SSSR count). The van der Waals surface area contributed by atoms with Crippen LogP contribution in [0.3, 0.4) is 0 Å². The first-order chi connectivity index (χ1) is 12.8. The zero-order chi connectivity index (χ0) is 20.0. The van der Waals surface area contributed by atoms with Crippen molar-refractivity contribution in [2.75, 3.05) is 20.8 Å². The van der Waals surface area contributed by atoms with Crippen molar-refractivity contribution in [2.45, 2.75) is 19.4 Å². The summed E-state index contributed by atoms with van der Waals surface area (Å²) in [4.78, 5) is 25.6. The van der Waals surface area contributed by atoms with E-state index in [0.717, 1.165) is 5.56 Å². The molecule has 1 N–H and O–H groups in total. The summed E-state index contributed by atoms with van der Waals surface area (Å²) >= 11 is 6.01. The lowest BCUT2D eigenvalue weighted by Crippen LogP contribution is -2.37. The molecule has 0 saturated heterocycles. The van der Waals surface area contributed by atoms with Gasteiger partial charge >= 0.3 is 5.97 Å². The number of nitrogens with zero attached hydrogens (tertiary/aromatic N) is 1. The van der Waals surface area contributed by atoms with E-state index < -0.39 is 18.4 Å². The van der Waals surface area contributed by atoms with E-state index in [0.29, 0.717) is 22.1 Å². The van der Waals surface area contributed by atoms with Gasteiger partial charge in [0, 0.05) is 17.6 Å². The number of carbonyl (C=O) groups excluding carboxylic acids is 1. The summed E-state index contributed by atoms with van der Waals surface area (Å²) in [5.41, 5.74) is 1.44. The smallest absolute Gasteiger partial charge is 0.323 e. The minimum absolute atomic E-state index is 0.115. The normalized spacial score (nSPS) is 11.6. The number of halogens is 1. The second kappa shape index (κ2) is 9.28. The van der Waals surface area contributed by atoms with Crippen LogP contribution < -0.4 is 9.47 Å². The number of rotatable bonds is 8. The number of aliphatic carboxylic acids is 1. The summed E-state index contributed by atoms with van der Waals surface area (Å²) in [6, 6.07) is 12.2. The fourth-order valence-corrected chi connectivity index (χ4v) is 2.94. The third kappa shape index (κ3) is 5.62. The van der Waals surface area contributed by atoms with E-state index in [9.17, 15) is 14.7 Å². The Bertz CT molecular complexity index is 802. The summed E-state index contributed by atoms with van der Waals surface area (Å²) in [5.74, 6) is -0.793. The molecule has 1 atom stereocenters. The minimum atomic E-state index is -1.09. The second-order valence-corrected chi connectivity index (χ2v) is 6.52. The van der Waals surface area contributed by atoms with Crippen molar-refractivity contribution >= 4 is 23.5 Å². The van der Waals surface area contributed by atoms with Crippen LogP contribution in [-0.2, 0) is 16.1 Å². The molecular formula is C20H22ClNO5. The van der Waals surface area contributed by atoms with Crippen LogP contribution in [-0.4, -0.2) is 42.6 Å². The number of ether oxygens (including phenoxy) is 2. The molecule has 0 bridgehead atoms. The predicted octanol–water partition coefficient (Wildman–Crippen LogP) is 3.57. The first-order valence-corrected chi connectivity index (χ1v) is 8.69. The van der Waals surface area contributed by atoms with E-state index in [1.807, 2.05) is 0 Å². The quantitative estimate of drug-likeness (QED) is 0.744. The SMILES string of the molecule is COc1cc(CN(CC(=O)O)C(=O)C(C)c2cccc(Cl)c2)cc(OC)c1. The topological polar surface area (TPSA) is 76.1 Å². The molecule has 1 amide bonds. The summed E-state index contributed by atoms with van der Waals surface area (Å²) in [5, 5.41) is 9.77. The molecule has 2 aromatic carbocycles. The van der Waals surface area contributed by atoms with Crippen molar-refractivity contribution in [1.29, 1.82) is 0 Å². The average Bonchev–Trinajstić information content (AvgIpc) is 2.65. The standard InChI is InChI=1S/C20H22ClNO5/c1-13(15-5-4-6-16(21)9-15)20(25)22(12-19(23)24)11-14-7-17(26-2)10-18(8-14)27-3/h4-10,13H,11-12H2,1-3H3,(H,23,24). The molecule has 7 heteroatoms. The van der Waals surface area contributed by atoms with Gasteiger partial charge in [-0.05, 0) is 42.3 Å². The van der Waals surface area contributed by atoms with Gasteiger partial charge in [-0.1, -0.05) is 23.7 Å². The molecule has 0 fully saturated rings. The maximum atomic E-state index is 13.0. The molecule has 27 heavy (non-hydrogen) atoms. The van der Waals surface area contributed by atoms with Gasteiger partial charge in [0.1, 0.15) is 18.0 Å². The van der Waals surface area contributed by atoms with Crippen LogP contribution in [0.4, 0.5) is 0 Å². The number of amides is 1. The Morgan fingerprint density at radius 2 is 1.74 bits per heavy atom. The number of carbonyl (C=O) groups is 2. The molecular weight excluding hydrogens is 370 g/mol. The number of methoxy groups -OCH3 is 2. The van der Waals surface area contributed by atoms with E-state index in [4.69, 9.17) is 21.1 Å². The van der Waals surface area contributed by atoms with E-state index >= 15 is 0 Å². The van der Waals surface area contributed by atoms with Gasteiger partial charge in [0.2, 0.25) is 5.91 Å². The van der Waals surface area contributed by atoms with Crippen LogP contribution in [0.5, 0.6) is 11.5 Å². The summed E-state index contributed by atoms with van der Waals surface area (Å²) in [6.07, 6.45) is 0. The van der Waals surface area contributed by atoms with Crippen molar-refractivity contribution in [3.05, 3.63) is 58.6 Å². The Hall–Kier alpha value is -2.73. The molecule has 0 radical (unpaired) electrons. The highest BCUT2D eigenvalue weighted by atomic mass is 35.5. The maximum Gasteiger partial charge on any atom is 0.323 e. The Labute approximate surface area is 163 Å². The molecule has 1 unspecified atom stereocenters. The number of hydrogen-bond donors (Lipinski definition) is 1. The Balaban J connectivity index is 2.29. The molecule has 6 nitrogen and oxygen atoms in total. The lowest BCUT2D eigenvalue weighted by Gasteiger charge is -2.25. The highest BCUT2D eigenvalue weighted by Crippen LogP contribution is 2.26. The fraction of sp³-hybridized carbons (Fsp3) is 0.300. The van der Waals surface area contributed by atoms with Crippen LogP contribution in [0.15, 0.2) is 42.5 Å². The summed E-state index contributed by atoms with van der Waals surface area (Å²) in [6.45, 7) is 1.43. The monoisotopic (exact) mass is 391 g/mol. The predicted molar refractivity (Wildman–Crippen MR) is 102 cm³/mol. The molecule has 0 aliphatic rings. The first kappa shape index (κ1) is 20.6. The molecule has 0 aliphatic carbocycles. The van der Waals surface area contributed by atoms with Crippen molar-refractivity contribution in [1.82, 2.24) is 4.90 Å². The largest absolute Gasteiger partial charge is 0.497 e. The number of carboxylic acids is 1. The van der Waals surface area contributed by atoms with Crippen LogP contribution in [0.1, 0.15) is 24.0 Å². The second-order valence-electron chi connectivity index (χ2n) is 6.09. The van der Waals surface area contributed by atoms with Gasteiger partial charge in [0.25, 0.3) is 0 Å². The molecule has 0 saturated carbocycles. The zero-order valence-electron chi connectivity index (χ0n) is 15.4. The van der Waals surface area contributed by atoms with Gasteiger partial charge < -0.3 is 19.5 Å². The number of benzene rings is 2. The molecule has 144 valence electrons. The highest BCUT2D eigenvalue weighted by Gasteiger charge is 2.24. The van der Waals surface area contributed by atoms with E-state index in [2.05, 4.69) is 0 Å². The molecule has 0 aromatic heterocycles. The Morgan fingerprint density at radius 1 is 1.11 bits per heavy atom. The summed E-state index contributed by atoms with van der Waals surface area (Å²) < 4.78 is 10.5. The van der Waals surface area contributed by atoms with Gasteiger partial charge in [-0.15, -0.1) is 0 Å². The van der Waals surface area contributed by atoms with Gasteiger partial charge in [0.05, 0.1) is 20.1 Å². The maximum absolute atomic E-state index is 13.0. The zero-order valence-corrected chi connectivity index (χ0v) is 16.2. The minimum Gasteiger partial charge on any atom is -0.497 e. The van der Waals surface area contributed by atoms with Gasteiger partial charge in [-0.2, -0.15) is 0 Å². The molecule has 2 aromatic rings.